The van der Waals surface area contributed by atoms with E-state index >= 15 is 0 Å². The fourth-order valence-corrected chi connectivity index (χ4v) is 3.85. The third-order valence-corrected chi connectivity index (χ3v) is 5.21. The van der Waals surface area contributed by atoms with Crippen molar-refractivity contribution in [3.8, 4) is 0 Å². The summed E-state index contributed by atoms with van der Waals surface area (Å²) in [5.41, 5.74) is 1.49. The number of carbonyl (C=O) groups excluding carboxylic acids is 1. The zero-order valence-corrected chi connectivity index (χ0v) is 14.9. The Morgan fingerprint density at radius 1 is 1.08 bits per heavy atom. The Morgan fingerprint density at radius 2 is 1.80 bits per heavy atom. The monoisotopic (exact) mass is 374 g/mol. The first kappa shape index (κ1) is 17.4. The average Bonchev–Trinajstić information content (AvgIpc) is 3.04. The van der Waals surface area contributed by atoms with Crippen molar-refractivity contribution in [1.29, 1.82) is 0 Å². The Bertz CT molecular complexity index is 839. The van der Waals surface area contributed by atoms with E-state index in [-0.39, 0.29) is 17.0 Å². The zero-order chi connectivity index (χ0) is 17.6. The summed E-state index contributed by atoms with van der Waals surface area (Å²) in [5.74, 6) is -0.517. The second kappa shape index (κ2) is 8.09. The molecule has 8 heteroatoms. The molecular formula is C17H15FN4OS2. The van der Waals surface area contributed by atoms with Gasteiger partial charge < -0.3 is 10.6 Å². The largest absolute Gasteiger partial charge is 0.330 e. The van der Waals surface area contributed by atoms with Gasteiger partial charge in [-0.2, -0.15) is 0 Å². The lowest BCUT2D eigenvalue weighted by molar-refractivity contribution is -0.115. The number of thioether (sulfide) groups is 1. The number of hydrogen-bond donors (Lipinski definition) is 2. The third kappa shape index (κ3) is 5.01. The van der Waals surface area contributed by atoms with Crippen molar-refractivity contribution < 1.29 is 9.18 Å². The predicted molar refractivity (Wildman–Crippen MR) is 100.0 cm³/mol. The average molecular weight is 374 g/mol. The van der Waals surface area contributed by atoms with Crippen LogP contribution in [0.15, 0.2) is 58.9 Å². The van der Waals surface area contributed by atoms with Crippen molar-refractivity contribution in [3.05, 3.63) is 60.4 Å². The molecule has 25 heavy (non-hydrogen) atoms. The van der Waals surface area contributed by atoms with Crippen molar-refractivity contribution >= 4 is 45.5 Å². The predicted octanol–water partition coefficient (Wildman–Crippen LogP) is 4.54. The van der Waals surface area contributed by atoms with Gasteiger partial charge >= 0.3 is 0 Å². The van der Waals surface area contributed by atoms with Gasteiger partial charge in [0, 0.05) is 11.4 Å². The van der Waals surface area contributed by atoms with Gasteiger partial charge in [0.15, 0.2) is 4.34 Å². The first-order valence-corrected chi connectivity index (χ1v) is 9.18. The lowest BCUT2D eigenvalue weighted by atomic mass is 10.3. The van der Waals surface area contributed by atoms with E-state index in [1.54, 1.807) is 6.92 Å². The molecule has 0 saturated carbocycles. The third-order valence-electron chi connectivity index (χ3n) is 3.19. The summed E-state index contributed by atoms with van der Waals surface area (Å²) in [7, 11) is 0. The number of halogens is 1. The first-order valence-electron chi connectivity index (χ1n) is 7.49. The molecule has 1 heterocycles. The van der Waals surface area contributed by atoms with Crippen molar-refractivity contribution in [2.45, 2.75) is 16.5 Å². The van der Waals surface area contributed by atoms with Gasteiger partial charge in [0.25, 0.3) is 0 Å². The van der Waals surface area contributed by atoms with Gasteiger partial charge in [0.1, 0.15) is 5.82 Å². The highest BCUT2D eigenvalue weighted by molar-refractivity contribution is 8.02. The maximum Gasteiger partial charge on any atom is 0.237 e. The summed E-state index contributed by atoms with van der Waals surface area (Å²) in [6.07, 6.45) is 0. The molecule has 2 aromatic carbocycles. The zero-order valence-electron chi connectivity index (χ0n) is 13.3. The Balaban J connectivity index is 1.56. The van der Waals surface area contributed by atoms with Crippen molar-refractivity contribution in [1.82, 2.24) is 10.2 Å². The molecule has 0 aliphatic heterocycles. The van der Waals surface area contributed by atoms with Crippen molar-refractivity contribution in [2.24, 2.45) is 0 Å². The molecule has 0 unspecified atom stereocenters. The maximum atomic E-state index is 12.9. The maximum absolute atomic E-state index is 12.9. The van der Waals surface area contributed by atoms with Gasteiger partial charge in [0.2, 0.25) is 11.0 Å². The molecule has 0 bridgehead atoms. The number of nitrogens with one attached hydrogen (secondary N) is 2. The molecule has 5 nitrogen and oxygen atoms in total. The number of nitrogens with zero attached hydrogens (tertiary/aromatic N) is 2. The minimum absolute atomic E-state index is 0.177. The summed E-state index contributed by atoms with van der Waals surface area (Å²) in [5, 5.41) is 14.4. The Kier molecular flexibility index (Phi) is 5.62. The second-order valence-electron chi connectivity index (χ2n) is 5.12. The number of anilines is 3. The Hall–Kier alpha value is -2.45. The van der Waals surface area contributed by atoms with E-state index in [1.165, 1.54) is 47.4 Å². The molecule has 0 fully saturated rings. The SMILES string of the molecule is C[C@H](Sc1nnc(Nc2ccccc2)s1)C(=O)Nc1ccc(F)cc1. The van der Waals surface area contributed by atoms with E-state index in [2.05, 4.69) is 20.8 Å². The number of aromatic nitrogens is 2. The topological polar surface area (TPSA) is 66.9 Å². The molecule has 0 spiro atoms. The Labute approximate surface area is 152 Å². The fraction of sp³-hybridized carbons (Fsp3) is 0.118. The first-order chi connectivity index (χ1) is 12.1. The number of para-hydroxylation sites is 1. The van der Waals surface area contributed by atoms with Gasteiger partial charge in [-0.05, 0) is 43.3 Å². The molecule has 128 valence electrons. The quantitative estimate of drug-likeness (QED) is 0.620. The molecule has 1 atom stereocenters. The fourth-order valence-electron chi connectivity index (χ4n) is 1.93. The van der Waals surface area contributed by atoms with E-state index in [4.69, 9.17) is 0 Å². The number of amides is 1. The summed E-state index contributed by atoms with van der Waals surface area (Å²) < 4.78 is 13.6. The number of benzene rings is 2. The van der Waals surface area contributed by atoms with Gasteiger partial charge in [-0.15, -0.1) is 10.2 Å². The van der Waals surface area contributed by atoms with Crippen LogP contribution in [0.25, 0.3) is 0 Å². The minimum Gasteiger partial charge on any atom is -0.330 e. The molecule has 3 rings (SSSR count). The smallest absolute Gasteiger partial charge is 0.237 e. The normalized spacial score (nSPS) is 11.8. The molecule has 2 N–H and O–H groups in total. The standard InChI is InChI=1S/C17H15FN4OS2/c1-11(15(23)19-14-9-7-12(18)8-10-14)24-17-22-21-16(25-17)20-13-5-3-2-4-6-13/h2-11H,1H3,(H,19,23)(H,20,21)/t11-/m0/s1. The number of rotatable bonds is 6. The highest BCUT2D eigenvalue weighted by atomic mass is 32.2. The number of hydrogen-bond acceptors (Lipinski definition) is 6. The van der Waals surface area contributed by atoms with Gasteiger partial charge in [-0.3, -0.25) is 4.79 Å². The highest BCUT2D eigenvalue weighted by Gasteiger charge is 2.17. The lowest BCUT2D eigenvalue weighted by Crippen LogP contribution is -2.22. The van der Waals surface area contributed by atoms with Crippen LogP contribution in [0.4, 0.5) is 20.9 Å². The molecule has 1 aromatic heterocycles. The molecule has 0 aliphatic rings. The minimum atomic E-state index is -0.359. The van der Waals surface area contributed by atoms with Gasteiger partial charge in [-0.25, -0.2) is 4.39 Å². The van der Waals surface area contributed by atoms with Crippen LogP contribution in [0.2, 0.25) is 0 Å². The summed E-state index contributed by atoms with van der Waals surface area (Å²) in [4.78, 5) is 12.2. The van der Waals surface area contributed by atoms with Crippen molar-refractivity contribution in [3.63, 3.8) is 0 Å². The van der Waals surface area contributed by atoms with Crippen LogP contribution < -0.4 is 10.6 Å². The Morgan fingerprint density at radius 3 is 2.52 bits per heavy atom. The molecule has 3 aromatic rings. The van der Waals surface area contributed by atoms with E-state index in [0.717, 1.165) is 5.69 Å². The van der Waals surface area contributed by atoms with Crippen LogP contribution in [-0.4, -0.2) is 21.4 Å². The van der Waals surface area contributed by atoms with Crippen molar-refractivity contribution in [2.75, 3.05) is 10.6 Å². The van der Waals surface area contributed by atoms with E-state index in [0.29, 0.717) is 15.2 Å². The van der Waals surface area contributed by atoms with E-state index < -0.39 is 0 Å². The van der Waals surface area contributed by atoms with E-state index in [1.807, 2.05) is 30.3 Å². The van der Waals surface area contributed by atoms with Crippen LogP contribution >= 0.6 is 23.1 Å². The molecule has 0 aliphatic carbocycles. The molecular weight excluding hydrogens is 359 g/mol. The highest BCUT2D eigenvalue weighted by Crippen LogP contribution is 2.30. The van der Waals surface area contributed by atoms with Crippen LogP contribution in [0.5, 0.6) is 0 Å². The summed E-state index contributed by atoms with van der Waals surface area (Å²) >= 11 is 2.71. The molecule has 0 saturated heterocycles. The van der Waals surface area contributed by atoms with Gasteiger partial charge in [-0.1, -0.05) is 41.3 Å². The summed E-state index contributed by atoms with van der Waals surface area (Å²) in [6, 6.07) is 15.3. The molecule has 1 amide bonds. The van der Waals surface area contributed by atoms with Crippen LogP contribution in [0.3, 0.4) is 0 Å². The van der Waals surface area contributed by atoms with E-state index in [9.17, 15) is 9.18 Å². The van der Waals surface area contributed by atoms with Crippen LogP contribution in [0.1, 0.15) is 6.92 Å². The van der Waals surface area contributed by atoms with Crippen LogP contribution in [0, 0.1) is 5.82 Å². The number of carbonyl (C=O) groups is 1. The van der Waals surface area contributed by atoms with Crippen LogP contribution in [-0.2, 0) is 4.79 Å². The summed E-state index contributed by atoms with van der Waals surface area (Å²) in [6.45, 7) is 1.79. The van der Waals surface area contributed by atoms with Gasteiger partial charge in [0.05, 0.1) is 5.25 Å². The molecule has 0 radical (unpaired) electrons. The lowest BCUT2D eigenvalue weighted by Gasteiger charge is -2.10. The second-order valence-corrected chi connectivity index (χ2v) is 7.69.